The van der Waals surface area contributed by atoms with Crippen LogP contribution in [-0.4, -0.2) is 16.3 Å². The lowest BCUT2D eigenvalue weighted by molar-refractivity contribution is 0.222. The molecule has 1 aliphatic rings. The molecule has 0 saturated heterocycles. The second kappa shape index (κ2) is 6.58. The second-order valence-corrected chi connectivity index (χ2v) is 5.63. The van der Waals surface area contributed by atoms with Crippen LogP contribution >= 0.6 is 11.6 Å². The topological polar surface area (TPSA) is 29.9 Å². The molecule has 1 saturated carbocycles. The summed E-state index contributed by atoms with van der Waals surface area (Å²) >= 11 is 6.36. The summed E-state index contributed by atoms with van der Waals surface area (Å²) in [7, 11) is 0. The lowest BCUT2D eigenvalue weighted by Crippen LogP contribution is -2.34. The zero-order valence-electron chi connectivity index (χ0n) is 11.5. The molecule has 18 heavy (non-hydrogen) atoms. The van der Waals surface area contributed by atoms with E-state index in [1.165, 1.54) is 25.0 Å². The van der Waals surface area contributed by atoms with Gasteiger partial charge >= 0.3 is 0 Å². The first-order chi connectivity index (χ1) is 8.77. The predicted octanol–water partition coefficient (Wildman–Crippen LogP) is 3.79. The number of nitrogens with zero attached hydrogens (tertiary/aromatic N) is 2. The summed E-state index contributed by atoms with van der Waals surface area (Å²) in [6.07, 6.45) is 8.03. The fourth-order valence-electron chi connectivity index (χ4n) is 2.63. The summed E-state index contributed by atoms with van der Waals surface area (Å²) in [6.45, 7) is 6.39. The average molecular weight is 270 g/mol. The Hall–Kier alpha value is -0.540. The number of aromatic nitrogens is 2. The molecular formula is C14H24ClN3. The van der Waals surface area contributed by atoms with Crippen LogP contribution in [0.4, 0.5) is 0 Å². The van der Waals surface area contributed by atoms with Gasteiger partial charge in [-0.25, -0.2) is 0 Å². The molecule has 1 unspecified atom stereocenters. The molecule has 2 rings (SSSR count). The minimum absolute atomic E-state index is 0.389. The lowest BCUT2D eigenvalue weighted by Gasteiger charge is -2.35. The van der Waals surface area contributed by atoms with Crippen LogP contribution in [0.1, 0.15) is 57.7 Å². The highest BCUT2D eigenvalue weighted by Crippen LogP contribution is 2.39. The van der Waals surface area contributed by atoms with Gasteiger partial charge in [-0.2, -0.15) is 5.10 Å². The van der Waals surface area contributed by atoms with Crippen molar-refractivity contribution in [2.75, 3.05) is 6.54 Å². The summed E-state index contributed by atoms with van der Waals surface area (Å²) in [5.41, 5.74) is 1.21. The zero-order valence-corrected chi connectivity index (χ0v) is 12.2. The summed E-state index contributed by atoms with van der Waals surface area (Å²) in [5, 5.41) is 8.91. The van der Waals surface area contributed by atoms with Crippen molar-refractivity contribution in [2.24, 2.45) is 5.92 Å². The molecule has 1 aliphatic carbocycles. The first-order valence-electron chi connectivity index (χ1n) is 7.22. The third kappa shape index (κ3) is 2.89. The van der Waals surface area contributed by atoms with E-state index in [0.717, 1.165) is 36.9 Å². The van der Waals surface area contributed by atoms with E-state index in [4.69, 9.17) is 11.6 Å². The van der Waals surface area contributed by atoms with Gasteiger partial charge in [0.05, 0.1) is 23.0 Å². The van der Waals surface area contributed by atoms with E-state index >= 15 is 0 Å². The van der Waals surface area contributed by atoms with Crippen molar-refractivity contribution in [1.29, 1.82) is 0 Å². The zero-order chi connectivity index (χ0) is 13.0. The molecule has 0 aromatic carbocycles. The van der Waals surface area contributed by atoms with Crippen LogP contribution in [0, 0.1) is 5.92 Å². The molecule has 0 amide bonds. The molecule has 0 aliphatic heterocycles. The van der Waals surface area contributed by atoms with Gasteiger partial charge in [-0.3, -0.25) is 4.68 Å². The molecule has 1 aromatic heterocycles. The van der Waals surface area contributed by atoms with Crippen LogP contribution in [-0.2, 0) is 6.54 Å². The molecule has 4 heteroatoms. The fourth-order valence-corrected chi connectivity index (χ4v) is 2.89. The largest absolute Gasteiger partial charge is 0.308 e. The Labute approximate surface area is 115 Å². The van der Waals surface area contributed by atoms with Gasteiger partial charge in [-0.1, -0.05) is 31.9 Å². The van der Waals surface area contributed by atoms with Gasteiger partial charge in [0.1, 0.15) is 0 Å². The number of rotatable bonds is 7. The van der Waals surface area contributed by atoms with E-state index in [1.807, 2.05) is 0 Å². The summed E-state index contributed by atoms with van der Waals surface area (Å²) < 4.78 is 2.09. The van der Waals surface area contributed by atoms with Gasteiger partial charge in [-0.15, -0.1) is 0 Å². The Kier molecular flexibility index (Phi) is 5.07. The minimum atomic E-state index is 0.389. The predicted molar refractivity (Wildman–Crippen MR) is 75.9 cm³/mol. The number of aryl methyl sites for hydroxylation is 1. The van der Waals surface area contributed by atoms with Crippen molar-refractivity contribution in [3.8, 4) is 0 Å². The van der Waals surface area contributed by atoms with E-state index in [1.54, 1.807) is 6.20 Å². The van der Waals surface area contributed by atoms with Gasteiger partial charge in [0, 0.05) is 6.54 Å². The molecule has 1 fully saturated rings. The van der Waals surface area contributed by atoms with E-state index in [9.17, 15) is 0 Å². The SMILES string of the molecule is CCCNC(c1c(Cl)cnn1CCC)C1CCC1. The molecule has 0 bridgehead atoms. The first-order valence-corrected chi connectivity index (χ1v) is 7.60. The first kappa shape index (κ1) is 13.9. The van der Waals surface area contributed by atoms with Gasteiger partial charge in [0.15, 0.2) is 0 Å². The number of hydrogen-bond acceptors (Lipinski definition) is 2. The summed E-state index contributed by atoms with van der Waals surface area (Å²) in [4.78, 5) is 0. The van der Waals surface area contributed by atoms with E-state index in [-0.39, 0.29) is 0 Å². The monoisotopic (exact) mass is 269 g/mol. The number of halogens is 1. The Balaban J connectivity index is 2.19. The second-order valence-electron chi connectivity index (χ2n) is 5.22. The Morgan fingerprint density at radius 2 is 2.22 bits per heavy atom. The summed E-state index contributed by atoms with van der Waals surface area (Å²) in [6, 6.07) is 0.389. The van der Waals surface area contributed by atoms with Crippen LogP contribution in [0.5, 0.6) is 0 Å². The maximum absolute atomic E-state index is 6.36. The Bertz CT molecular complexity index is 371. The van der Waals surface area contributed by atoms with Crippen LogP contribution < -0.4 is 5.32 Å². The summed E-state index contributed by atoms with van der Waals surface area (Å²) in [5.74, 6) is 0.737. The van der Waals surface area contributed by atoms with Crippen LogP contribution in [0.2, 0.25) is 5.02 Å². The van der Waals surface area contributed by atoms with E-state index < -0.39 is 0 Å². The van der Waals surface area contributed by atoms with Gasteiger partial charge in [0.2, 0.25) is 0 Å². The van der Waals surface area contributed by atoms with Crippen molar-refractivity contribution in [2.45, 2.75) is 58.5 Å². The average Bonchev–Trinajstić information content (AvgIpc) is 2.64. The maximum atomic E-state index is 6.36. The molecule has 1 heterocycles. The molecule has 1 aromatic rings. The van der Waals surface area contributed by atoms with E-state index in [0.29, 0.717) is 6.04 Å². The van der Waals surface area contributed by atoms with E-state index in [2.05, 4.69) is 28.9 Å². The molecule has 0 spiro atoms. The van der Waals surface area contributed by atoms with Gasteiger partial charge in [0.25, 0.3) is 0 Å². The number of hydrogen-bond donors (Lipinski definition) is 1. The third-order valence-corrected chi connectivity index (χ3v) is 4.09. The van der Waals surface area contributed by atoms with Gasteiger partial charge in [-0.05, 0) is 38.1 Å². The fraction of sp³-hybridized carbons (Fsp3) is 0.786. The van der Waals surface area contributed by atoms with Crippen LogP contribution in [0.3, 0.4) is 0 Å². The minimum Gasteiger partial charge on any atom is -0.308 e. The van der Waals surface area contributed by atoms with Crippen molar-refractivity contribution < 1.29 is 0 Å². The molecule has 1 atom stereocenters. The smallest absolute Gasteiger partial charge is 0.0834 e. The molecule has 1 N–H and O–H groups in total. The molecule has 3 nitrogen and oxygen atoms in total. The lowest BCUT2D eigenvalue weighted by atomic mass is 9.78. The van der Waals surface area contributed by atoms with Crippen molar-refractivity contribution in [3.63, 3.8) is 0 Å². The van der Waals surface area contributed by atoms with Crippen molar-refractivity contribution >= 4 is 11.6 Å². The Morgan fingerprint density at radius 3 is 2.78 bits per heavy atom. The Morgan fingerprint density at radius 1 is 1.44 bits per heavy atom. The van der Waals surface area contributed by atoms with Crippen molar-refractivity contribution in [3.05, 3.63) is 16.9 Å². The highest BCUT2D eigenvalue weighted by atomic mass is 35.5. The highest BCUT2D eigenvalue weighted by Gasteiger charge is 2.31. The normalized spacial score (nSPS) is 17.7. The number of nitrogens with one attached hydrogen (secondary N) is 1. The van der Waals surface area contributed by atoms with Crippen LogP contribution in [0.15, 0.2) is 6.20 Å². The highest BCUT2D eigenvalue weighted by molar-refractivity contribution is 6.31. The van der Waals surface area contributed by atoms with Gasteiger partial charge < -0.3 is 5.32 Å². The third-order valence-electron chi connectivity index (χ3n) is 3.80. The molecule has 0 radical (unpaired) electrons. The molecule has 102 valence electrons. The maximum Gasteiger partial charge on any atom is 0.0834 e. The quantitative estimate of drug-likeness (QED) is 0.816. The van der Waals surface area contributed by atoms with Crippen LogP contribution in [0.25, 0.3) is 0 Å². The molecular weight excluding hydrogens is 246 g/mol. The standard InChI is InChI=1S/C14H24ClN3/c1-3-8-16-13(11-6-5-7-11)14-12(15)10-17-18(14)9-4-2/h10-11,13,16H,3-9H2,1-2H3. The van der Waals surface area contributed by atoms with Crippen molar-refractivity contribution in [1.82, 2.24) is 15.1 Å².